The summed E-state index contributed by atoms with van der Waals surface area (Å²) in [6.45, 7) is 12.6. The summed E-state index contributed by atoms with van der Waals surface area (Å²) in [7, 11) is 0. The van der Waals surface area contributed by atoms with E-state index >= 15 is 0 Å². The molecule has 4 heteroatoms. The third kappa shape index (κ3) is 17.8. The average molecular weight is 276 g/mol. The number of hydrogen-bond donors (Lipinski definition) is 0. The van der Waals surface area contributed by atoms with E-state index in [1.807, 2.05) is 36.4 Å². The largest absolute Gasteiger partial charge is 0.435 e. The molecular weight excluding hydrogens is 256 g/mol. The number of esters is 2. The highest BCUT2D eigenvalue weighted by atomic mass is 16.5. The minimum absolute atomic E-state index is 0.329. The van der Waals surface area contributed by atoms with Crippen LogP contribution in [-0.2, 0) is 19.1 Å². The molecule has 1 rings (SSSR count). The molecule has 0 unspecified atom stereocenters. The van der Waals surface area contributed by atoms with Crippen molar-refractivity contribution >= 4 is 18.0 Å². The molecule has 0 aromatic heterocycles. The summed E-state index contributed by atoms with van der Waals surface area (Å²) in [6, 6.07) is 10.0. The Bertz CT molecular complexity index is 401. The van der Waals surface area contributed by atoms with Crippen LogP contribution >= 0.6 is 0 Å². The van der Waals surface area contributed by atoms with E-state index in [1.165, 1.54) is 19.4 Å². The first-order valence-electron chi connectivity index (χ1n) is 5.71. The van der Waals surface area contributed by atoms with Gasteiger partial charge in [0.1, 0.15) is 0 Å². The van der Waals surface area contributed by atoms with Crippen molar-refractivity contribution in [1.29, 1.82) is 0 Å². The second kappa shape index (κ2) is 14.4. The fourth-order valence-corrected chi connectivity index (χ4v) is 0.824. The number of carbonyl (C=O) groups is 2. The zero-order valence-corrected chi connectivity index (χ0v) is 11.9. The molecule has 1 aromatic carbocycles. The Morgan fingerprint density at radius 3 is 1.45 bits per heavy atom. The first-order valence-corrected chi connectivity index (χ1v) is 5.71. The zero-order valence-electron chi connectivity index (χ0n) is 11.9. The molecule has 0 spiro atoms. The first-order chi connectivity index (χ1) is 9.47. The molecule has 0 fully saturated rings. The summed E-state index contributed by atoms with van der Waals surface area (Å²) in [5, 5.41) is 0. The minimum atomic E-state index is -0.329. The second-order valence-corrected chi connectivity index (χ2v) is 3.17. The molecule has 0 N–H and O–H groups in total. The van der Waals surface area contributed by atoms with E-state index < -0.39 is 0 Å². The molecule has 4 nitrogen and oxygen atoms in total. The molecule has 0 bridgehead atoms. The SMILES string of the molecule is C=COC(C)=O.C=COC(C)=O.C=Cc1ccccc1. The molecule has 0 radical (unpaired) electrons. The van der Waals surface area contributed by atoms with Crippen molar-refractivity contribution in [2.24, 2.45) is 0 Å². The summed E-state index contributed by atoms with van der Waals surface area (Å²) in [6.07, 6.45) is 4.03. The lowest BCUT2D eigenvalue weighted by atomic mass is 10.2. The van der Waals surface area contributed by atoms with Crippen LogP contribution in [0.25, 0.3) is 6.08 Å². The molecule has 20 heavy (non-hydrogen) atoms. The normalized spacial score (nSPS) is 7.50. The predicted molar refractivity (Wildman–Crippen MR) is 80.5 cm³/mol. The van der Waals surface area contributed by atoms with E-state index in [4.69, 9.17) is 0 Å². The minimum Gasteiger partial charge on any atom is -0.435 e. The zero-order chi connectivity index (χ0) is 15.8. The van der Waals surface area contributed by atoms with Crippen molar-refractivity contribution < 1.29 is 19.1 Å². The summed E-state index contributed by atoms with van der Waals surface area (Å²) in [5.74, 6) is -0.657. The van der Waals surface area contributed by atoms with Crippen molar-refractivity contribution in [2.75, 3.05) is 0 Å². The standard InChI is InChI=1S/C8H8.2C4H6O2/c1-2-8-6-4-3-5-7-8;2*1-3-6-4(2)5/h2-7H,1H2;2*3H,1H2,2H3. The molecule has 0 saturated carbocycles. The number of carbonyl (C=O) groups excluding carboxylic acids is 2. The van der Waals surface area contributed by atoms with Crippen LogP contribution in [0.4, 0.5) is 0 Å². The van der Waals surface area contributed by atoms with Crippen LogP contribution in [0.15, 0.2) is 62.6 Å². The summed E-state index contributed by atoms with van der Waals surface area (Å²) in [5.41, 5.74) is 1.17. The molecule has 0 aliphatic heterocycles. The van der Waals surface area contributed by atoms with Gasteiger partial charge in [-0.25, -0.2) is 0 Å². The van der Waals surface area contributed by atoms with E-state index in [-0.39, 0.29) is 11.9 Å². The van der Waals surface area contributed by atoms with Crippen LogP contribution in [0, 0.1) is 0 Å². The molecule has 0 aliphatic rings. The van der Waals surface area contributed by atoms with Gasteiger partial charge in [0.2, 0.25) is 0 Å². The van der Waals surface area contributed by atoms with Crippen molar-refractivity contribution in [2.45, 2.75) is 13.8 Å². The number of rotatable bonds is 3. The number of benzene rings is 1. The molecule has 108 valence electrons. The molecule has 0 heterocycles. The highest BCUT2D eigenvalue weighted by Gasteiger charge is 1.79. The van der Waals surface area contributed by atoms with Crippen LogP contribution in [-0.4, -0.2) is 11.9 Å². The van der Waals surface area contributed by atoms with Crippen LogP contribution < -0.4 is 0 Å². The van der Waals surface area contributed by atoms with E-state index in [9.17, 15) is 9.59 Å². The number of hydrogen-bond acceptors (Lipinski definition) is 4. The highest BCUT2D eigenvalue weighted by molar-refractivity contribution is 5.66. The average Bonchev–Trinajstić information content (AvgIpc) is 2.41. The van der Waals surface area contributed by atoms with Gasteiger partial charge in [-0.05, 0) is 5.56 Å². The lowest BCUT2D eigenvalue weighted by Crippen LogP contribution is -1.87. The van der Waals surface area contributed by atoms with Gasteiger partial charge < -0.3 is 9.47 Å². The third-order valence-corrected chi connectivity index (χ3v) is 1.53. The Balaban J connectivity index is 0. The fourth-order valence-electron chi connectivity index (χ4n) is 0.824. The Labute approximate surface area is 120 Å². The van der Waals surface area contributed by atoms with Crippen molar-refractivity contribution in [3.05, 3.63) is 68.2 Å². The smallest absolute Gasteiger partial charge is 0.307 e. The maximum Gasteiger partial charge on any atom is 0.307 e. The quantitative estimate of drug-likeness (QED) is 0.623. The summed E-state index contributed by atoms with van der Waals surface area (Å²) < 4.78 is 8.33. The first kappa shape index (κ1) is 19.7. The lowest BCUT2D eigenvalue weighted by Gasteiger charge is -1.85. The maximum atomic E-state index is 9.75. The topological polar surface area (TPSA) is 52.6 Å². The highest BCUT2D eigenvalue weighted by Crippen LogP contribution is 1.97. The lowest BCUT2D eigenvalue weighted by molar-refractivity contribution is -0.136. The van der Waals surface area contributed by atoms with Gasteiger partial charge in [0.15, 0.2) is 0 Å². The molecule has 0 saturated heterocycles. The van der Waals surface area contributed by atoms with Crippen molar-refractivity contribution in [1.82, 2.24) is 0 Å². The van der Waals surface area contributed by atoms with E-state index in [0.717, 1.165) is 12.5 Å². The van der Waals surface area contributed by atoms with Gasteiger partial charge in [0.05, 0.1) is 12.5 Å². The van der Waals surface area contributed by atoms with Gasteiger partial charge in [-0.3, -0.25) is 9.59 Å². The Hall–Kier alpha value is -2.62. The van der Waals surface area contributed by atoms with Gasteiger partial charge in [-0.2, -0.15) is 0 Å². The van der Waals surface area contributed by atoms with Gasteiger partial charge >= 0.3 is 11.9 Å². The Morgan fingerprint density at radius 1 is 0.900 bits per heavy atom. The molecule has 1 aromatic rings. The van der Waals surface area contributed by atoms with Gasteiger partial charge in [-0.1, -0.05) is 56.1 Å². The van der Waals surface area contributed by atoms with Crippen LogP contribution in [0.2, 0.25) is 0 Å². The summed E-state index contributed by atoms with van der Waals surface area (Å²) >= 11 is 0. The van der Waals surface area contributed by atoms with Crippen molar-refractivity contribution in [3.8, 4) is 0 Å². The van der Waals surface area contributed by atoms with E-state index in [2.05, 4.69) is 29.2 Å². The van der Waals surface area contributed by atoms with E-state index in [1.54, 1.807) is 0 Å². The van der Waals surface area contributed by atoms with Gasteiger partial charge in [-0.15, -0.1) is 0 Å². The Kier molecular flexibility index (Phi) is 14.2. The predicted octanol–water partition coefficient (Wildman–Crippen LogP) is 3.72. The van der Waals surface area contributed by atoms with Crippen LogP contribution in [0.5, 0.6) is 0 Å². The third-order valence-electron chi connectivity index (χ3n) is 1.53. The van der Waals surface area contributed by atoms with Crippen LogP contribution in [0.3, 0.4) is 0 Å². The van der Waals surface area contributed by atoms with Gasteiger partial charge in [0.25, 0.3) is 0 Å². The Morgan fingerprint density at radius 2 is 1.30 bits per heavy atom. The van der Waals surface area contributed by atoms with Crippen LogP contribution in [0.1, 0.15) is 19.4 Å². The maximum absolute atomic E-state index is 9.75. The molecule has 0 aliphatic carbocycles. The molecular formula is C16H20O4. The fraction of sp³-hybridized carbons (Fsp3) is 0.125. The molecule has 0 atom stereocenters. The number of ether oxygens (including phenoxy) is 2. The monoisotopic (exact) mass is 276 g/mol. The summed E-state index contributed by atoms with van der Waals surface area (Å²) in [4.78, 5) is 19.5. The second-order valence-electron chi connectivity index (χ2n) is 3.17. The van der Waals surface area contributed by atoms with E-state index in [0.29, 0.717) is 0 Å². The van der Waals surface area contributed by atoms with Gasteiger partial charge in [0, 0.05) is 13.8 Å². The molecule has 0 amide bonds. The van der Waals surface area contributed by atoms with Crippen molar-refractivity contribution in [3.63, 3.8) is 0 Å².